The zero-order valence-corrected chi connectivity index (χ0v) is 17.1. The summed E-state index contributed by atoms with van der Waals surface area (Å²) in [6, 6.07) is 11.0. The van der Waals surface area contributed by atoms with E-state index in [2.05, 4.69) is 15.4 Å². The Hall–Kier alpha value is -2.90. The van der Waals surface area contributed by atoms with Crippen molar-refractivity contribution >= 4 is 17.5 Å². The van der Waals surface area contributed by atoms with Crippen molar-refractivity contribution in [3.05, 3.63) is 70.6 Å². The molecule has 3 rings (SSSR count). The number of nitrogens with one attached hydrogen (secondary N) is 1. The lowest BCUT2D eigenvalue weighted by molar-refractivity contribution is 0.0949. The van der Waals surface area contributed by atoms with E-state index >= 15 is 0 Å². The Balaban J connectivity index is 1.74. The van der Waals surface area contributed by atoms with Crippen LogP contribution in [0.4, 0.5) is 0 Å². The number of carbonyl (C=O) groups is 1. The molecule has 0 saturated heterocycles. The highest BCUT2D eigenvalue weighted by atomic mass is 35.5. The lowest BCUT2D eigenvalue weighted by Gasteiger charge is -2.11. The van der Waals surface area contributed by atoms with Crippen molar-refractivity contribution in [3.8, 4) is 11.6 Å². The van der Waals surface area contributed by atoms with Crippen LogP contribution >= 0.6 is 11.6 Å². The Kier molecular flexibility index (Phi) is 7.21. The summed E-state index contributed by atoms with van der Waals surface area (Å²) in [5, 5.41) is 7.93. The molecule has 152 valence electrons. The van der Waals surface area contributed by atoms with Crippen LogP contribution in [-0.4, -0.2) is 41.0 Å². The van der Waals surface area contributed by atoms with Crippen LogP contribution in [0.3, 0.4) is 0 Å². The zero-order chi connectivity index (χ0) is 20.6. The van der Waals surface area contributed by atoms with Gasteiger partial charge in [-0.3, -0.25) is 4.79 Å². The minimum Gasteiger partial charge on any atom is -0.475 e. The van der Waals surface area contributed by atoms with Crippen LogP contribution in [-0.2, 0) is 17.7 Å². The van der Waals surface area contributed by atoms with Crippen molar-refractivity contribution in [2.24, 2.45) is 0 Å². The van der Waals surface area contributed by atoms with Gasteiger partial charge in [0.15, 0.2) is 0 Å². The maximum Gasteiger partial charge on any atom is 0.255 e. The van der Waals surface area contributed by atoms with Crippen molar-refractivity contribution < 1.29 is 14.3 Å². The topological polar surface area (TPSA) is 78.3 Å². The van der Waals surface area contributed by atoms with E-state index in [0.717, 1.165) is 16.9 Å². The number of benzene rings is 1. The number of ether oxygens (including phenoxy) is 2. The van der Waals surface area contributed by atoms with Crippen molar-refractivity contribution in [3.63, 3.8) is 0 Å². The molecule has 0 bridgehead atoms. The maximum absolute atomic E-state index is 12.8. The Bertz CT molecular complexity index is 974. The third-order valence-corrected chi connectivity index (χ3v) is 4.55. The number of hydrogen-bond donors (Lipinski definition) is 1. The van der Waals surface area contributed by atoms with Crippen LogP contribution < -0.4 is 10.1 Å². The fraction of sp³-hybridized carbons (Fsp3) is 0.286. The van der Waals surface area contributed by atoms with Crippen LogP contribution in [0.2, 0.25) is 5.02 Å². The average molecular weight is 415 g/mol. The fourth-order valence-electron chi connectivity index (χ4n) is 2.92. The van der Waals surface area contributed by atoms with E-state index in [1.807, 2.05) is 31.2 Å². The second-order valence-corrected chi connectivity index (χ2v) is 6.68. The number of pyridine rings is 1. The first-order chi connectivity index (χ1) is 14.1. The van der Waals surface area contributed by atoms with E-state index in [1.54, 1.807) is 36.3 Å². The van der Waals surface area contributed by atoms with Crippen LogP contribution in [0.15, 0.2) is 48.8 Å². The first-order valence-electron chi connectivity index (χ1n) is 9.30. The molecule has 29 heavy (non-hydrogen) atoms. The van der Waals surface area contributed by atoms with Crippen molar-refractivity contribution in [1.29, 1.82) is 0 Å². The molecule has 1 amide bonds. The van der Waals surface area contributed by atoms with Gasteiger partial charge in [-0.2, -0.15) is 5.10 Å². The third kappa shape index (κ3) is 5.13. The van der Waals surface area contributed by atoms with Gasteiger partial charge in [0.2, 0.25) is 5.88 Å². The quantitative estimate of drug-likeness (QED) is 0.542. The first kappa shape index (κ1) is 20.8. The largest absolute Gasteiger partial charge is 0.475 e. The molecule has 1 N–H and O–H groups in total. The van der Waals surface area contributed by atoms with E-state index in [0.29, 0.717) is 42.6 Å². The lowest BCUT2D eigenvalue weighted by atomic mass is 10.1. The van der Waals surface area contributed by atoms with Gasteiger partial charge in [0.25, 0.3) is 5.91 Å². The molecule has 0 saturated carbocycles. The summed E-state index contributed by atoms with van der Waals surface area (Å²) in [5.74, 6) is 0.275. The van der Waals surface area contributed by atoms with E-state index in [-0.39, 0.29) is 5.91 Å². The number of rotatable bonds is 9. The predicted molar refractivity (Wildman–Crippen MR) is 111 cm³/mol. The smallest absolute Gasteiger partial charge is 0.255 e. The Morgan fingerprint density at radius 2 is 2.10 bits per heavy atom. The molecular formula is C21H23ClN4O3. The monoisotopic (exact) mass is 414 g/mol. The van der Waals surface area contributed by atoms with Gasteiger partial charge in [-0.05, 0) is 30.7 Å². The van der Waals surface area contributed by atoms with Gasteiger partial charge in [-0.15, -0.1) is 0 Å². The molecule has 0 radical (unpaired) electrons. The Morgan fingerprint density at radius 1 is 1.24 bits per heavy atom. The number of methoxy groups -OCH3 is 1. The molecule has 0 aliphatic heterocycles. The van der Waals surface area contributed by atoms with E-state index in [4.69, 9.17) is 21.1 Å². The fourth-order valence-corrected chi connectivity index (χ4v) is 3.10. The minimum absolute atomic E-state index is 0.207. The van der Waals surface area contributed by atoms with Gasteiger partial charge in [0.1, 0.15) is 6.61 Å². The summed E-state index contributed by atoms with van der Waals surface area (Å²) in [5.41, 5.74) is 2.94. The van der Waals surface area contributed by atoms with Gasteiger partial charge in [-0.1, -0.05) is 30.7 Å². The van der Waals surface area contributed by atoms with E-state index in [1.165, 1.54) is 0 Å². The molecule has 7 nitrogen and oxygen atoms in total. The Labute approximate surface area is 174 Å². The summed E-state index contributed by atoms with van der Waals surface area (Å²) in [6.45, 7) is 3.13. The Morgan fingerprint density at radius 3 is 2.86 bits per heavy atom. The molecule has 0 unspecified atom stereocenters. The van der Waals surface area contributed by atoms with Crippen LogP contribution in [0.1, 0.15) is 28.5 Å². The summed E-state index contributed by atoms with van der Waals surface area (Å²) >= 11 is 6.09. The zero-order valence-electron chi connectivity index (χ0n) is 16.4. The van der Waals surface area contributed by atoms with Gasteiger partial charge in [-0.25, -0.2) is 9.67 Å². The molecule has 0 spiro atoms. The highest BCUT2D eigenvalue weighted by Crippen LogP contribution is 2.20. The number of aromatic nitrogens is 3. The van der Waals surface area contributed by atoms with Crippen LogP contribution in [0.25, 0.3) is 5.69 Å². The molecule has 0 aliphatic rings. The number of halogens is 1. The molecule has 2 aromatic heterocycles. The standard InChI is InChI=1S/C21H23ClN4O3/c1-3-19-18(14-25-26(19)17-8-4-7-16(22)12-17)20(27)24-13-15-6-5-9-23-21(15)29-11-10-28-2/h4-9,12,14H,3,10-11,13H2,1-2H3,(H,24,27). The van der Waals surface area contributed by atoms with Gasteiger partial charge >= 0.3 is 0 Å². The van der Waals surface area contributed by atoms with Gasteiger partial charge in [0, 0.05) is 30.4 Å². The molecule has 3 aromatic rings. The highest BCUT2D eigenvalue weighted by Gasteiger charge is 2.18. The van der Waals surface area contributed by atoms with Crippen molar-refractivity contribution in [2.75, 3.05) is 20.3 Å². The van der Waals surface area contributed by atoms with E-state index in [9.17, 15) is 4.79 Å². The van der Waals surface area contributed by atoms with Crippen molar-refractivity contribution in [2.45, 2.75) is 19.9 Å². The molecule has 0 atom stereocenters. The summed E-state index contributed by atoms with van der Waals surface area (Å²) in [7, 11) is 1.61. The average Bonchev–Trinajstić information content (AvgIpc) is 3.17. The number of hydrogen-bond acceptors (Lipinski definition) is 5. The highest BCUT2D eigenvalue weighted by molar-refractivity contribution is 6.30. The summed E-state index contributed by atoms with van der Waals surface area (Å²) in [6.07, 6.45) is 3.87. The lowest BCUT2D eigenvalue weighted by Crippen LogP contribution is -2.24. The van der Waals surface area contributed by atoms with Gasteiger partial charge < -0.3 is 14.8 Å². The van der Waals surface area contributed by atoms with E-state index < -0.39 is 0 Å². The molecule has 0 fully saturated rings. The maximum atomic E-state index is 12.8. The third-order valence-electron chi connectivity index (χ3n) is 4.32. The second kappa shape index (κ2) is 10.0. The molecule has 2 heterocycles. The van der Waals surface area contributed by atoms with Crippen molar-refractivity contribution in [1.82, 2.24) is 20.1 Å². The normalized spacial score (nSPS) is 10.7. The molecule has 0 aliphatic carbocycles. The second-order valence-electron chi connectivity index (χ2n) is 6.24. The molecule has 8 heteroatoms. The number of nitrogens with zero attached hydrogens (tertiary/aromatic N) is 3. The predicted octanol–water partition coefficient (Wildman–Crippen LogP) is 3.44. The van der Waals surface area contributed by atoms with Crippen LogP contribution in [0.5, 0.6) is 5.88 Å². The summed E-state index contributed by atoms with van der Waals surface area (Å²) in [4.78, 5) is 17.0. The first-order valence-corrected chi connectivity index (χ1v) is 9.68. The molecule has 1 aromatic carbocycles. The number of amides is 1. The SMILES string of the molecule is CCc1c(C(=O)NCc2cccnc2OCCOC)cnn1-c1cccc(Cl)c1. The minimum atomic E-state index is -0.207. The molecular weight excluding hydrogens is 392 g/mol. The van der Waals surface area contributed by atoms with Crippen LogP contribution in [0, 0.1) is 0 Å². The van der Waals surface area contributed by atoms with Gasteiger partial charge in [0.05, 0.1) is 29.7 Å². The summed E-state index contributed by atoms with van der Waals surface area (Å²) < 4.78 is 12.3. The number of carbonyl (C=O) groups excluding carboxylic acids is 1.